The predicted octanol–water partition coefficient (Wildman–Crippen LogP) is 3.35. The van der Waals surface area contributed by atoms with Crippen molar-refractivity contribution in [3.05, 3.63) is 52.4 Å². The van der Waals surface area contributed by atoms with E-state index in [0.717, 1.165) is 37.9 Å². The number of nitrogens with one attached hydrogen (secondary N) is 2. The molecular weight excluding hydrogens is 405 g/mol. The second kappa shape index (κ2) is 11.5. The van der Waals surface area contributed by atoms with Gasteiger partial charge >= 0.3 is 0 Å². The Morgan fingerprint density at radius 1 is 1.16 bits per heavy atom. The molecule has 0 amide bonds. The molecule has 9 heteroatoms. The number of benzene rings is 1. The van der Waals surface area contributed by atoms with Crippen LogP contribution in [0.3, 0.4) is 0 Å². The van der Waals surface area contributed by atoms with Crippen LogP contribution in [-0.2, 0) is 11.3 Å². The average Bonchev–Trinajstić information content (AvgIpc) is 2.79. The zero-order chi connectivity index (χ0) is 22.9. The van der Waals surface area contributed by atoms with Crippen molar-refractivity contribution in [3.8, 4) is 5.75 Å². The van der Waals surface area contributed by atoms with Crippen LogP contribution in [0.5, 0.6) is 5.75 Å². The molecule has 0 unspecified atom stereocenters. The fraction of sp³-hybridized carbons (Fsp3) is 0.435. The predicted molar refractivity (Wildman–Crippen MR) is 131 cm³/mol. The van der Waals surface area contributed by atoms with Gasteiger partial charge in [0.05, 0.1) is 25.3 Å². The number of hydrogen-bond donors (Lipinski definition) is 2. The molecule has 0 saturated carbocycles. The molecule has 0 bridgehead atoms. The highest BCUT2D eigenvalue weighted by Gasteiger charge is 2.18. The normalized spacial score (nSPS) is 11.9. The van der Waals surface area contributed by atoms with Crippen LogP contribution in [0.2, 0.25) is 6.32 Å². The summed E-state index contributed by atoms with van der Waals surface area (Å²) >= 11 is 0. The van der Waals surface area contributed by atoms with Crippen LogP contribution in [0, 0.1) is 0 Å². The fourth-order valence-corrected chi connectivity index (χ4v) is 3.74. The number of nitrogens with zero attached hydrogens (tertiary/aromatic N) is 3. The molecule has 0 aliphatic carbocycles. The number of pyridine rings is 1. The lowest BCUT2D eigenvalue weighted by molar-refractivity contribution is 0.182. The molecule has 0 radical (unpaired) electrons. The Balaban J connectivity index is 2.01. The van der Waals surface area contributed by atoms with E-state index in [2.05, 4.69) is 29.0 Å². The first kappa shape index (κ1) is 23.6. The van der Waals surface area contributed by atoms with Crippen LogP contribution in [0.1, 0.15) is 32.3 Å². The van der Waals surface area contributed by atoms with Gasteiger partial charge in [-0.1, -0.05) is 38.7 Å². The van der Waals surface area contributed by atoms with E-state index in [4.69, 9.17) is 19.4 Å². The molecule has 0 aliphatic heterocycles. The number of H-pyrrole nitrogens is 1. The molecule has 1 atom stereocenters. The molecule has 2 aromatic heterocycles. The Morgan fingerprint density at radius 2 is 1.94 bits per heavy atom. The lowest BCUT2D eigenvalue weighted by Crippen LogP contribution is -2.30. The molecule has 0 spiro atoms. The van der Waals surface area contributed by atoms with Crippen LogP contribution in [0.4, 0.5) is 11.8 Å². The molecule has 0 fully saturated rings. The van der Waals surface area contributed by atoms with Crippen molar-refractivity contribution in [3.63, 3.8) is 0 Å². The third-order valence-corrected chi connectivity index (χ3v) is 5.26. The fourth-order valence-electron chi connectivity index (χ4n) is 3.74. The Hall–Kier alpha value is -3.07. The largest absolute Gasteiger partial charge is 0.497 e. The highest BCUT2D eigenvalue weighted by Crippen LogP contribution is 2.23. The van der Waals surface area contributed by atoms with Gasteiger partial charge < -0.3 is 24.6 Å². The van der Waals surface area contributed by atoms with Crippen LogP contribution in [0.15, 0.2) is 41.3 Å². The topological polar surface area (TPSA) is 92.4 Å². The van der Waals surface area contributed by atoms with Crippen LogP contribution < -0.4 is 20.4 Å². The molecule has 3 rings (SSSR count). The van der Waals surface area contributed by atoms with Gasteiger partial charge in [0.1, 0.15) is 17.0 Å². The molecule has 1 aromatic carbocycles. The summed E-state index contributed by atoms with van der Waals surface area (Å²) in [6, 6.07) is 9.86. The Kier molecular flexibility index (Phi) is 8.50. The minimum Gasteiger partial charge on any atom is -0.497 e. The van der Waals surface area contributed by atoms with E-state index in [1.165, 1.54) is 0 Å². The van der Waals surface area contributed by atoms with Gasteiger partial charge in [-0.05, 0) is 30.2 Å². The Labute approximate surface area is 189 Å². The number of fused-ring (bicyclic) bond motifs is 1. The molecule has 32 heavy (non-hydrogen) atoms. The van der Waals surface area contributed by atoms with Gasteiger partial charge in [-0.15, -0.1) is 0 Å². The lowest BCUT2D eigenvalue weighted by atomic mass is 9.87. The van der Waals surface area contributed by atoms with Gasteiger partial charge in [0.15, 0.2) is 0 Å². The van der Waals surface area contributed by atoms with E-state index in [-0.39, 0.29) is 11.6 Å². The molecule has 3 aromatic rings. The van der Waals surface area contributed by atoms with Crippen molar-refractivity contribution in [2.24, 2.45) is 0 Å². The van der Waals surface area contributed by atoms with Crippen molar-refractivity contribution in [2.75, 3.05) is 31.0 Å². The summed E-state index contributed by atoms with van der Waals surface area (Å²) in [4.78, 5) is 27.1. The minimum atomic E-state index is -0.207. The minimum absolute atomic E-state index is 0.0526. The van der Waals surface area contributed by atoms with Gasteiger partial charge in [-0.2, -0.15) is 4.98 Å². The third kappa shape index (κ3) is 5.79. The number of hydrogen-bond acceptors (Lipinski definition) is 7. The molecular formula is C23H32BN5O3. The second-order valence-electron chi connectivity index (χ2n) is 7.79. The van der Waals surface area contributed by atoms with Crippen LogP contribution in [-0.4, -0.2) is 49.2 Å². The van der Waals surface area contributed by atoms with E-state index in [9.17, 15) is 4.79 Å². The molecule has 2 N–H and O–H groups in total. The van der Waals surface area contributed by atoms with Gasteiger partial charge in [0.2, 0.25) is 13.4 Å². The van der Waals surface area contributed by atoms with Gasteiger partial charge in [-0.3, -0.25) is 4.79 Å². The maximum absolute atomic E-state index is 12.6. The quantitative estimate of drug-likeness (QED) is 0.420. The van der Waals surface area contributed by atoms with Gasteiger partial charge in [-0.25, -0.2) is 4.98 Å². The number of ether oxygens (including phenoxy) is 2. The second-order valence-corrected chi connectivity index (χ2v) is 7.79. The van der Waals surface area contributed by atoms with Gasteiger partial charge in [0.25, 0.3) is 5.56 Å². The Morgan fingerprint density at radius 3 is 2.59 bits per heavy atom. The standard InChI is InChI=1S/C23H32BN5O3/c1-5-7-17(15-31-3)26-21-20-19(12-13-25-22(20)30)27-23(28-21)29(24-6-2)14-16-8-10-18(32-4)11-9-16/h8-13,17,24H,5-7,14-15H2,1-4H3,(H,25,30)(H,26,27,28)/t17-/m0/s1. The summed E-state index contributed by atoms with van der Waals surface area (Å²) < 4.78 is 10.6. The smallest absolute Gasteiger partial charge is 0.261 e. The van der Waals surface area contributed by atoms with Crippen molar-refractivity contribution in [1.29, 1.82) is 0 Å². The highest BCUT2D eigenvalue weighted by atomic mass is 16.5. The number of rotatable bonds is 12. The summed E-state index contributed by atoms with van der Waals surface area (Å²) in [7, 11) is 4.13. The maximum atomic E-state index is 12.6. The molecule has 0 aliphatic rings. The molecule has 0 saturated heterocycles. The monoisotopic (exact) mass is 437 g/mol. The first-order valence-corrected chi connectivity index (χ1v) is 11.1. The number of anilines is 2. The van der Waals surface area contributed by atoms with E-state index in [0.29, 0.717) is 35.8 Å². The summed E-state index contributed by atoms with van der Waals surface area (Å²) in [6.45, 7) is 5.44. The number of methoxy groups -OCH3 is 2. The molecule has 2 heterocycles. The van der Waals surface area contributed by atoms with Crippen molar-refractivity contribution in [1.82, 2.24) is 15.0 Å². The van der Waals surface area contributed by atoms with E-state index in [1.54, 1.807) is 20.4 Å². The third-order valence-electron chi connectivity index (χ3n) is 5.26. The molecule has 8 nitrogen and oxygen atoms in total. The highest BCUT2D eigenvalue weighted by molar-refractivity contribution is 6.40. The van der Waals surface area contributed by atoms with Crippen molar-refractivity contribution in [2.45, 2.75) is 45.6 Å². The van der Waals surface area contributed by atoms with Gasteiger partial charge in [0, 0.05) is 19.9 Å². The SMILES string of the molecule is CCBN(Cc1ccc(OC)cc1)c1nc(N[C@@H](CCC)COC)c2c(=O)[nH]ccc2n1. The zero-order valence-electron chi connectivity index (χ0n) is 19.4. The Bertz CT molecular complexity index is 1050. The van der Waals surface area contributed by atoms with E-state index >= 15 is 0 Å². The lowest BCUT2D eigenvalue weighted by Gasteiger charge is -2.24. The summed E-state index contributed by atoms with van der Waals surface area (Å²) in [5.74, 6) is 1.96. The van der Waals surface area contributed by atoms with E-state index in [1.807, 2.05) is 30.3 Å². The number of aromatic nitrogens is 3. The molecule has 170 valence electrons. The van der Waals surface area contributed by atoms with Crippen LogP contribution >= 0.6 is 0 Å². The van der Waals surface area contributed by atoms with Crippen molar-refractivity contribution < 1.29 is 9.47 Å². The summed E-state index contributed by atoms with van der Waals surface area (Å²) in [5, 5.41) is 3.91. The zero-order valence-corrected chi connectivity index (χ0v) is 19.4. The van der Waals surface area contributed by atoms with Crippen molar-refractivity contribution >= 4 is 30.1 Å². The summed E-state index contributed by atoms with van der Waals surface area (Å²) in [5.41, 5.74) is 1.54. The average molecular weight is 437 g/mol. The first-order chi connectivity index (χ1) is 15.6. The number of aromatic amines is 1. The summed E-state index contributed by atoms with van der Waals surface area (Å²) in [6.07, 6.45) is 4.46. The maximum Gasteiger partial charge on any atom is 0.261 e. The van der Waals surface area contributed by atoms with Crippen LogP contribution in [0.25, 0.3) is 10.9 Å². The van der Waals surface area contributed by atoms with E-state index < -0.39 is 0 Å². The first-order valence-electron chi connectivity index (χ1n) is 11.1.